The van der Waals surface area contributed by atoms with Crippen LogP contribution in [0.5, 0.6) is 5.75 Å². The van der Waals surface area contributed by atoms with E-state index in [9.17, 15) is 9.18 Å². The third-order valence-corrected chi connectivity index (χ3v) is 8.71. The first kappa shape index (κ1) is 26.0. The average Bonchev–Trinajstić information content (AvgIpc) is 3.33. The van der Waals surface area contributed by atoms with Gasteiger partial charge in [0.05, 0.1) is 25.3 Å². The summed E-state index contributed by atoms with van der Waals surface area (Å²) in [7, 11) is 0. The van der Waals surface area contributed by atoms with Gasteiger partial charge < -0.3 is 19.1 Å². The summed E-state index contributed by atoms with van der Waals surface area (Å²) < 4.78 is 26.2. The normalized spacial score (nSPS) is 23.1. The second-order valence-electron chi connectivity index (χ2n) is 11.7. The van der Waals surface area contributed by atoms with E-state index in [1.165, 1.54) is 12.5 Å². The summed E-state index contributed by atoms with van der Waals surface area (Å²) in [6, 6.07) is 5.54. The summed E-state index contributed by atoms with van der Waals surface area (Å²) in [5.41, 5.74) is 2.56. The number of ether oxygens (including phenoxy) is 1. The second kappa shape index (κ2) is 11.1. The molecule has 9 heteroatoms. The number of carbonyl (C=O) groups is 1. The summed E-state index contributed by atoms with van der Waals surface area (Å²) in [6.07, 6.45) is 7.69. The number of aliphatic imine (C=N–C) groups is 1. The highest BCUT2D eigenvalue weighted by atomic mass is 19.1. The van der Waals surface area contributed by atoms with Gasteiger partial charge >= 0.3 is 6.01 Å². The number of hydrogen-bond acceptors (Lipinski definition) is 7. The average molecular weight is 536 g/mol. The molecule has 0 spiro atoms. The van der Waals surface area contributed by atoms with E-state index in [1.807, 2.05) is 0 Å². The largest absolute Gasteiger partial charge is 0.493 e. The Hall–Kier alpha value is -3.23. The van der Waals surface area contributed by atoms with Gasteiger partial charge in [0.1, 0.15) is 11.6 Å². The van der Waals surface area contributed by atoms with Crippen molar-refractivity contribution in [2.75, 3.05) is 44.2 Å². The number of anilines is 1. The van der Waals surface area contributed by atoms with Gasteiger partial charge in [-0.25, -0.2) is 4.39 Å². The van der Waals surface area contributed by atoms with Gasteiger partial charge in [-0.2, -0.15) is 4.98 Å². The fraction of sp³-hybridized carbons (Fsp3) is 0.600. The SMILES string of the molecule is CC(C)c1noc(N2CCC([C@H]3C[C@H]3CCOc3ccc(CC(=O)N4CC5=CCCN=C5C4)c(F)c3)CC2)n1. The number of rotatable bonds is 9. The summed E-state index contributed by atoms with van der Waals surface area (Å²) in [4.78, 5) is 25.8. The molecule has 1 aromatic heterocycles. The maximum Gasteiger partial charge on any atom is 0.324 e. The fourth-order valence-corrected chi connectivity index (χ4v) is 6.24. The molecular weight excluding hydrogens is 497 g/mol. The Morgan fingerprint density at radius 2 is 2.08 bits per heavy atom. The van der Waals surface area contributed by atoms with Crippen molar-refractivity contribution in [1.29, 1.82) is 0 Å². The molecular formula is C30H38FN5O3. The fourth-order valence-electron chi connectivity index (χ4n) is 6.24. The minimum atomic E-state index is -0.383. The van der Waals surface area contributed by atoms with Gasteiger partial charge in [-0.15, -0.1) is 0 Å². The summed E-state index contributed by atoms with van der Waals surface area (Å²) in [5.74, 6) is 3.29. The third kappa shape index (κ3) is 5.87. The van der Waals surface area contributed by atoms with Crippen molar-refractivity contribution in [2.24, 2.45) is 22.7 Å². The van der Waals surface area contributed by atoms with Crippen LogP contribution in [-0.4, -0.2) is 66.0 Å². The molecule has 4 aliphatic rings. The quantitative estimate of drug-likeness (QED) is 0.458. The molecule has 1 aromatic carbocycles. The van der Waals surface area contributed by atoms with E-state index in [0.29, 0.717) is 42.9 Å². The zero-order valence-corrected chi connectivity index (χ0v) is 22.9. The molecule has 208 valence electrons. The standard InChI is InChI=1S/C30H38FN5O3/c1-19(2)29-33-30(39-34-29)35-11-7-20(8-12-35)25-14-21(25)9-13-38-24-6-5-22(26(31)16-24)15-28(37)36-17-23-4-3-10-32-27(23)18-36/h4-6,16,19-21,25H,3,7-15,17-18H2,1-2H3/t21-,25-/m1/s1. The predicted molar refractivity (Wildman–Crippen MR) is 147 cm³/mol. The smallest absolute Gasteiger partial charge is 0.324 e. The lowest BCUT2D eigenvalue weighted by molar-refractivity contribution is -0.129. The lowest BCUT2D eigenvalue weighted by atomic mass is 9.90. The number of dihydropyridines is 1. The Kier molecular flexibility index (Phi) is 7.40. The van der Waals surface area contributed by atoms with E-state index in [-0.39, 0.29) is 24.1 Å². The van der Waals surface area contributed by atoms with Gasteiger partial charge in [0.15, 0.2) is 5.82 Å². The van der Waals surface area contributed by atoms with Gasteiger partial charge in [0, 0.05) is 38.2 Å². The Morgan fingerprint density at radius 3 is 2.82 bits per heavy atom. The molecule has 3 aliphatic heterocycles. The molecule has 8 nitrogen and oxygen atoms in total. The predicted octanol–water partition coefficient (Wildman–Crippen LogP) is 4.81. The van der Waals surface area contributed by atoms with Crippen molar-refractivity contribution in [3.8, 4) is 5.75 Å². The number of piperidine rings is 1. The maximum atomic E-state index is 14.8. The Balaban J connectivity index is 0.917. The Bertz CT molecular complexity index is 1240. The highest BCUT2D eigenvalue weighted by Gasteiger charge is 2.43. The van der Waals surface area contributed by atoms with Crippen molar-refractivity contribution in [3.05, 3.63) is 47.1 Å². The number of halogens is 1. The number of benzene rings is 1. The lowest BCUT2D eigenvalue weighted by Crippen LogP contribution is -2.34. The first-order valence-corrected chi connectivity index (χ1v) is 14.4. The summed E-state index contributed by atoms with van der Waals surface area (Å²) >= 11 is 0. The summed E-state index contributed by atoms with van der Waals surface area (Å²) in [6.45, 7) is 8.56. The molecule has 1 amide bonds. The van der Waals surface area contributed by atoms with E-state index in [0.717, 1.165) is 74.3 Å². The number of likely N-dealkylation sites (tertiary alicyclic amines) is 1. The number of fused-ring (bicyclic) bond motifs is 1. The van der Waals surface area contributed by atoms with Gasteiger partial charge in [-0.1, -0.05) is 31.1 Å². The molecule has 0 radical (unpaired) electrons. The molecule has 1 aliphatic carbocycles. The van der Waals surface area contributed by atoms with Gasteiger partial charge in [-0.05, 0) is 67.1 Å². The monoisotopic (exact) mass is 535 g/mol. The first-order valence-electron chi connectivity index (χ1n) is 14.4. The zero-order valence-electron chi connectivity index (χ0n) is 22.9. The number of aromatic nitrogens is 2. The zero-order chi connectivity index (χ0) is 26.9. The maximum absolute atomic E-state index is 14.8. The van der Waals surface area contributed by atoms with Crippen molar-refractivity contribution >= 4 is 17.6 Å². The molecule has 6 rings (SSSR count). The van der Waals surface area contributed by atoms with Crippen molar-refractivity contribution in [3.63, 3.8) is 0 Å². The van der Waals surface area contributed by atoms with E-state index in [2.05, 4.69) is 40.0 Å². The molecule has 0 bridgehead atoms. The number of carbonyl (C=O) groups excluding carboxylic acids is 1. The van der Waals surface area contributed by atoms with Crippen molar-refractivity contribution < 1.29 is 18.4 Å². The van der Waals surface area contributed by atoms with Crippen LogP contribution < -0.4 is 9.64 Å². The van der Waals surface area contributed by atoms with Crippen molar-refractivity contribution in [1.82, 2.24) is 15.0 Å². The van der Waals surface area contributed by atoms with E-state index < -0.39 is 0 Å². The van der Waals surface area contributed by atoms with Crippen LogP contribution in [-0.2, 0) is 11.2 Å². The molecule has 39 heavy (non-hydrogen) atoms. The highest BCUT2D eigenvalue weighted by Crippen LogP contribution is 2.50. The molecule has 1 saturated carbocycles. The van der Waals surface area contributed by atoms with Crippen LogP contribution in [0.4, 0.5) is 10.4 Å². The molecule has 4 heterocycles. The molecule has 0 unspecified atom stereocenters. The molecule has 2 atom stereocenters. The molecule has 0 N–H and O–H groups in total. The topological polar surface area (TPSA) is 84.1 Å². The van der Waals surface area contributed by atoms with Crippen LogP contribution in [0.3, 0.4) is 0 Å². The van der Waals surface area contributed by atoms with E-state index in [1.54, 1.807) is 17.0 Å². The number of hydrogen-bond donors (Lipinski definition) is 0. The van der Waals surface area contributed by atoms with Crippen molar-refractivity contribution in [2.45, 2.75) is 58.3 Å². The molecule has 2 aromatic rings. The van der Waals surface area contributed by atoms with Crippen LogP contribution in [0.15, 0.2) is 39.4 Å². The number of nitrogens with zero attached hydrogens (tertiary/aromatic N) is 5. The lowest BCUT2D eigenvalue weighted by Gasteiger charge is -2.30. The third-order valence-electron chi connectivity index (χ3n) is 8.71. The van der Waals surface area contributed by atoms with Gasteiger partial charge in [0.25, 0.3) is 0 Å². The second-order valence-corrected chi connectivity index (χ2v) is 11.7. The minimum absolute atomic E-state index is 0.0562. The van der Waals surface area contributed by atoms with Gasteiger partial charge in [-0.3, -0.25) is 9.79 Å². The highest BCUT2D eigenvalue weighted by molar-refractivity contribution is 6.07. The van der Waals surface area contributed by atoms with Crippen LogP contribution in [0.25, 0.3) is 0 Å². The van der Waals surface area contributed by atoms with E-state index in [4.69, 9.17) is 9.26 Å². The molecule has 2 saturated heterocycles. The van der Waals surface area contributed by atoms with Crippen LogP contribution >= 0.6 is 0 Å². The number of amides is 1. The summed E-state index contributed by atoms with van der Waals surface area (Å²) in [5, 5.41) is 4.09. The Labute approximate surface area is 229 Å². The first-order chi connectivity index (χ1) is 18.9. The van der Waals surface area contributed by atoms with Gasteiger partial charge in [0.2, 0.25) is 5.91 Å². The van der Waals surface area contributed by atoms with E-state index >= 15 is 0 Å². The molecule has 3 fully saturated rings. The van der Waals surface area contributed by atoms with Crippen LogP contribution in [0.2, 0.25) is 0 Å². The Morgan fingerprint density at radius 1 is 1.23 bits per heavy atom. The minimum Gasteiger partial charge on any atom is -0.493 e. The van der Waals surface area contributed by atoms with Crippen LogP contribution in [0.1, 0.15) is 63.3 Å². The van der Waals surface area contributed by atoms with Crippen LogP contribution in [0, 0.1) is 23.6 Å².